The van der Waals surface area contributed by atoms with Gasteiger partial charge in [0.1, 0.15) is 16.4 Å². The average molecular weight is 330 g/mol. The first-order valence-corrected chi connectivity index (χ1v) is 6.67. The molecule has 0 atom stereocenters. The van der Waals surface area contributed by atoms with Crippen molar-refractivity contribution in [3.63, 3.8) is 0 Å². The number of carbonyl (C=O) groups excluding carboxylic acids is 1. The van der Waals surface area contributed by atoms with Crippen molar-refractivity contribution < 1.29 is 13.9 Å². The van der Waals surface area contributed by atoms with E-state index in [0.29, 0.717) is 20.8 Å². The summed E-state index contributed by atoms with van der Waals surface area (Å²) in [6.07, 6.45) is 0. The molecule has 0 fully saturated rings. The van der Waals surface area contributed by atoms with E-state index in [0.717, 1.165) is 0 Å². The van der Waals surface area contributed by atoms with Crippen molar-refractivity contribution in [1.29, 1.82) is 0 Å². The summed E-state index contributed by atoms with van der Waals surface area (Å²) in [7, 11) is 1.51. The maximum absolute atomic E-state index is 12.9. The highest BCUT2D eigenvalue weighted by Gasteiger charge is 2.15. The van der Waals surface area contributed by atoms with Crippen LogP contribution >= 0.6 is 27.3 Å². The molecule has 2 rings (SSSR count). The first kappa shape index (κ1) is 13.0. The minimum Gasteiger partial charge on any atom is -0.495 e. The summed E-state index contributed by atoms with van der Waals surface area (Å²) < 4.78 is 18.5. The van der Waals surface area contributed by atoms with Crippen molar-refractivity contribution in [3.05, 3.63) is 44.8 Å². The molecule has 1 amide bonds. The third-order valence-corrected chi connectivity index (χ3v) is 3.79. The molecule has 1 aromatic heterocycles. The van der Waals surface area contributed by atoms with Crippen molar-refractivity contribution >= 4 is 38.9 Å². The van der Waals surface area contributed by atoms with E-state index in [1.807, 2.05) is 0 Å². The number of amides is 1. The molecule has 3 nitrogen and oxygen atoms in total. The van der Waals surface area contributed by atoms with Crippen molar-refractivity contribution in [2.75, 3.05) is 12.4 Å². The van der Waals surface area contributed by atoms with Crippen LogP contribution in [0.25, 0.3) is 0 Å². The molecule has 1 heterocycles. The van der Waals surface area contributed by atoms with Crippen LogP contribution in [0.15, 0.2) is 34.1 Å². The van der Waals surface area contributed by atoms with E-state index in [-0.39, 0.29) is 11.7 Å². The van der Waals surface area contributed by atoms with Crippen LogP contribution in [0.5, 0.6) is 5.75 Å². The number of nitrogens with one attached hydrogen (secondary N) is 1. The largest absolute Gasteiger partial charge is 0.495 e. The van der Waals surface area contributed by atoms with Crippen LogP contribution in [0.3, 0.4) is 0 Å². The van der Waals surface area contributed by atoms with Crippen LogP contribution in [0, 0.1) is 5.82 Å². The lowest BCUT2D eigenvalue weighted by atomic mass is 10.3. The molecule has 94 valence electrons. The van der Waals surface area contributed by atoms with E-state index in [2.05, 4.69) is 21.2 Å². The van der Waals surface area contributed by atoms with Crippen LogP contribution in [0.1, 0.15) is 9.67 Å². The molecular weight excluding hydrogens is 321 g/mol. The molecular formula is C12H9BrFNO2S. The molecule has 1 aromatic carbocycles. The third-order valence-electron chi connectivity index (χ3n) is 2.23. The van der Waals surface area contributed by atoms with E-state index < -0.39 is 0 Å². The summed E-state index contributed by atoms with van der Waals surface area (Å²) in [5, 5.41) is 4.46. The van der Waals surface area contributed by atoms with Crippen molar-refractivity contribution in [3.8, 4) is 5.75 Å². The maximum atomic E-state index is 12.9. The fourth-order valence-electron chi connectivity index (χ4n) is 1.39. The normalized spacial score (nSPS) is 10.2. The summed E-state index contributed by atoms with van der Waals surface area (Å²) in [6.45, 7) is 0. The third kappa shape index (κ3) is 2.70. The second kappa shape index (κ2) is 5.49. The number of anilines is 1. The van der Waals surface area contributed by atoms with Crippen molar-refractivity contribution in [2.24, 2.45) is 0 Å². The Hall–Kier alpha value is -1.40. The smallest absolute Gasteiger partial charge is 0.269 e. The van der Waals surface area contributed by atoms with Gasteiger partial charge in [0.25, 0.3) is 5.91 Å². The molecule has 0 aliphatic heterocycles. The molecule has 0 saturated carbocycles. The van der Waals surface area contributed by atoms with Crippen LogP contribution in [-0.4, -0.2) is 13.0 Å². The fraction of sp³-hybridized carbons (Fsp3) is 0.0833. The Morgan fingerprint density at radius 3 is 2.89 bits per heavy atom. The van der Waals surface area contributed by atoms with Crippen LogP contribution in [-0.2, 0) is 0 Å². The Labute approximate surface area is 116 Å². The molecule has 1 N–H and O–H groups in total. The number of halogens is 2. The van der Waals surface area contributed by atoms with Crippen molar-refractivity contribution in [1.82, 2.24) is 0 Å². The Morgan fingerprint density at radius 2 is 2.22 bits per heavy atom. The summed E-state index contributed by atoms with van der Waals surface area (Å²) in [5.74, 6) is -0.126. The second-order valence-corrected chi connectivity index (χ2v) is 5.17. The molecule has 0 spiro atoms. The molecule has 6 heteroatoms. The molecule has 0 radical (unpaired) electrons. The summed E-state index contributed by atoms with van der Waals surface area (Å²) in [4.78, 5) is 12.5. The number of thiophene rings is 1. The fourth-order valence-corrected chi connectivity index (χ4v) is 2.60. The number of hydrogen-bond donors (Lipinski definition) is 1. The maximum Gasteiger partial charge on any atom is 0.269 e. The molecule has 2 aromatic rings. The lowest BCUT2D eigenvalue weighted by Gasteiger charge is -2.07. The highest BCUT2D eigenvalue weighted by molar-refractivity contribution is 9.10. The number of hydrogen-bond acceptors (Lipinski definition) is 3. The summed E-state index contributed by atoms with van der Waals surface area (Å²) >= 11 is 4.48. The zero-order valence-corrected chi connectivity index (χ0v) is 11.8. The van der Waals surface area contributed by atoms with E-state index >= 15 is 0 Å². The minimum absolute atomic E-state index is 0.283. The van der Waals surface area contributed by atoms with Crippen LogP contribution < -0.4 is 10.1 Å². The van der Waals surface area contributed by atoms with Gasteiger partial charge in [-0.1, -0.05) is 0 Å². The van der Waals surface area contributed by atoms with Gasteiger partial charge in [0.05, 0.1) is 12.8 Å². The standard InChI is InChI=1S/C12H9BrFNO2S/c1-17-10-4-5-18-11(10)12(16)15-9-3-2-7(14)6-8(9)13/h2-6H,1H3,(H,15,16). The van der Waals surface area contributed by atoms with Gasteiger partial charge in [-0.25, -0.2) is 4.39 Å². The van der Waals surface area contributed by atoms with Gasteiger partial charge in [-0.05, 0) is 45.6 Å². The first-order valence-electron chi connectivity index (χ1n) is 4.99. The topological polar surface area (TPSA) is 38.3 Å². The lowest BCUT2D eigenvalue weighted by Crippen LogP contribution is -2.11. The minimum atomic E-state index is -0.367. The summed E-state index contributed by atoms with van der Waals surface area (Å²) in [5.41, 5.74) is 0.511. The number of methoxy groups -OCH3 is 1. The molecule has 0 saturated heterocycles. The quantitative estimate of drug-likeness (QED) is 0.927. The second-order valence-electron chi connectivity index (χ2n) is 3.40. The van der Waals surface area contributed by atoms with E-state index in [9.17, 15) is 9.18 Å². The number of rotatable bonds is 3. The van der Waals surface area contributed by atoms with Gasteiger partial charge in [0, 0.05) is 4.47 Å². The van der Waals surface area contributed by atoms with E-state index in [1.54, 1.807) is 11.4 Å². The highest BCUT2D eigenvalue weighted by Crippen LogP contribution is 2.28. The number of benzene rings is 1. The molecule has 18 heavy (non-hydrogen) atoms. The van der Waals surface area contributed by atoms with Gasteiger partial charge < -0.3 is 10.1 Å². The first-order chi connectivity index (χ1) is 8.61. The van der Waals surface area contributed by atoms with Gasteiger partial charge in [-0.2, -0.15) is 0 Å². The van der Waals surface area contributed by atoms with Crippen LogP contribution in [0.4, 0.5) is 10.1 Å². The molecule has 0 unspecified atom stereocenters. The predicted molar refractivity (Wildman–Crippen MR) is 72.9 cm³/mol. The average Bonchev–Trinajstić information content (AvgIpc) is 2.81. The lowest BCUT2D eigenvalue weighted by molar-refractivity contribution is 0.102. The SMILES string of the molecule is COc1ccsc1C(=O)Nc1ccc(F)cc1Br. The monoisotopic (exact) mass is 329 g/mol. The van der Waals surface area contributed by atoms with Gasteiger partial charge in [0.2, 0.25) is 0 Å². The molecule has 0 aliphatic carbocycles. The van der Waals surface area contributed by atoms with Gasteiger partial charge >= 0.3 is 0 Å². The number of ether oxygens (including phenoxy) is 1. The zero-order chi connectivity index (χ0) is 13.1. The van der Waals surface area contributed by atoms with Crippen molar-refractivity contribution in [2.45, 2.75) is 0 Å². The Bertz CT molecular complexity index is 585. The summed E-state index contributed by atoms with van der Waals surface area (Å²) in [6, 6.07) is 5.80. The van der Waals surface area contributed by atoms with Crippen LogP contribution in [0.2, 0.25) is 0 Å². The van der Waals surface area contributed by atoms with Gasteiger partial charge in [0.15, 0.2) is 0 Å². The van der Waals surface area contributed by atoms with Gasteiger partial charge in [-0.15, -0.1) is 11.3 Å². The van der Waals surface area contributed by atoms with E-state index in [1.165, 1.54) is 36.6 Å². The predicted octanol–water partition coefficient (Wildman–Crippen LogP) is 3.91. The van der Waals surface area contributed by atoms with E-state index in [4.69, 9.17) is 4.74 Å². The highest BCUT2D eigenvalue weighted by atomic mass is 79.9. The number of carbonyl (C=O) groups is 1. The molecule has 0 bridgehead atoms. The molecule has 0 aliphatic rings. The Kier molecular flexibility index (Phi) is 3.98. The Balaban J connectivity index is 2.21. The van der Waals surface area contributed by atoms with Gasteiger partial charge in [-0.3, -0.25) is 4.79 Å². The Morgan fingerprint density at radius 1 is 1.44 bits per heavy atom. The zero-order valence-electron chi connectivity index (χ0n) is 9.37.